The largest absolute Gasteiger partial charge is 0.323 e. The van der Waals surface area contributed by atoms with Crippen LogP contribution in [0.2, 0.25) is 0 Å². The van der Waals surface area contributed by atoms with E-state index in [9.17, 15) is 0 Å². The van der Waals surface area contributed by atoms with Crippen LogP contribution in [0.3, 0.4) is 0 Å². The minimum Gasteiger partial charge on any atom is -0.323 e. The van der Waals surface area contributed by atoms with E-state index in [1.807, 2.05) is 31.3 Å². The van der Waals surface area contributed by atoms with Crippen LogP contribution in [0.1, 0.15) is 35.8 Å². The summed E-state index contributed by atoms with van der Waals surface area (Å²) in [5.41, 5.74) is 7.95. The van der Waals surface area contributed by atoms with Gasteiger partial charge in [0.2, 0.25) is 0 Å². The van der Waals surface area contributed by atoms with Gasteiger partial charge in [-0.1, -0.05) is 54.6 Å². The average Bonchev–Trinajstić information content (AvgIpc) is 3.72. The van der Waals surface area contributed by atoms with Crippen LogP contribution in [0.15, 0.2) is 84.5 Å². The van der Waals surface area contributed by atoms with E-state index in [1.165, 1.54) is 22.3 Å². The van der Waals surface area contributed by atoms with E-state index in [0.717, 1.165) is 66.2 Å². The van der Waals surface area contributed by atoms with Gasteiger partial charge in [-0.2, -0.15) is 0 Å². The first kappa shape index (κ1) is 23.9. The number of hydrogen-bond donors (Lipinski definition) is 1. The molecular weight excluding hydrogens is 502 g/mol. The third-order valence-electron chi connectivity index (χ3n) is 7.63. The summed E-state index contributed by atoms with van der Waals surface area (Å²) < 4.78 is 2.17. The number of aryl methyl sites for hydroxylation is 1. The number of fused-ring (bicyclic) bond motifs is 1. The zero-order chi connectivity index (χ0) is 26.2. The molecule has 1 N–H and O–H groups in total. The number of benzene rings is 2. The van der Waals surface area contributed by atoms with Crippen molar-refractivity contribution >= 4 is 16.3 Å². The number of rotatable bonds is 6. The van der Waals surface area contributed by atoms with E-state index >= 15 is 0 Å². The fourth-order valence-electron chi connectivity index (χ4n) is 5.55. The van der Waals surface area contributed by atoms with Gasteiger partial charge in [-0.3, -0.25) is 9.30 Å². The number of nitrogens with zero attached hydrogens (tertiary/aromatic N) is 6. The molecule has 7 rings (SSSR count). The highest BCUT2D eigenvalue weighted by molar-refractivity contribution is 7.15. The first-order chi connectivity index (χ1) is 19.2. The van der Waals surface area contributed by atoms with E-state index in [2.05, 4.69) is 94.6 Å². The maximum Gasteiger partial charge on any atom is 0.194 e. The number of likely N-dealkylation sites (tertiary alicyclic amines) is 1. The molecule has 0 atom stereocenters. The molecule has 8 heteroatoms. The van der Waals surface area contributed by atoms with Gasteiger partial charge >= 0.3 is 0 Å². The molecular formula is C31H29N7S. The minimum atomic E-state index is 0.407. The van der Waals surface area contributed by atoms with Crippen LogP contribution in [0, 0.1) is 6.92 Å². The van der Waals surface area contributed by atoms with Crippen LogP contribution >= 0.6 is 11.3 Å². The van der Waals surface area contributed by atoms with E-state index in [1.54, 1.807) is 11.3 Å². The molecule has 1 saturated heterocycles. The van der Waals surface area contributed by atoms with Gasteiger partial charge in [-0.15, -0.1) is 21.5 Å². The molecule has 4 aromatic heterocycles. The highest BCUT2D eigenvalue weighted by atomic mass is 32.1. The summed E-state index contributed by atoms with van der Waals surface area (Å²) in [4.78, 5) is 16.1. The fraction of sp³-hybridized carbons (Fsp3) is 0.226. The van der Waals surface area contributed by atoms with Crippen LogP contribution in [-0.2, 0) is 6.54 Å². The summed E-state index contributed by atoms with van der Waals surface area (Å²) in [6.45, 7) is 5.05. The number of H-pyrrole nitrogens is 1. The van der Waals surface area contributed by atoms with Crippen molar-refractivity contribution in [3.05, 3.63) is 102 Å². The molecule has 6 aromatic rings. The third kappa shape index (κ3) is 4.77. The van der Waals surface area contributed by atoms with Crippen LogP contribution < -0.4 is 0 Å². The highest BCUT2D eigenvalue weighted by Gasteiger charge is 2.24. The van der Waals surface area contributed by atoms with Crippen LogP contribution in [0.5, 0.6) is 0 Å². The van der Waals surface area contributed by atoms with Crippen molar-refractivity contribution in [1.82, 2.24) is 34.4 Å². The molecule has 0 bridgehead atoms. The molecule has 5 heterocycles. The molecule has 0 radical (unpaired) electrons. The molecule has 0 amide bonds. The second-order valence-corrected chi connectivity index (χ2v) is 11.1. The van der Waals surface area contributed by atoms with Gasteiger partial charge < -0.3 is 4.98 Å². The number of aromatic nitrogens is 6. The number of pyridine rings is 1. The van der Waals surface area contributed by atoms with Gasteiger partial charge in [-0.25, -0.2) is 9.97 Å². The first-order valence-corrected chi connectivity index (χ1v) is 14.3. The van der Waals surface area contributed by atoms with E-state index in [0.29, 0.717) is 5.92 Å². The SMILES string of the molecule is Cc1cccc(-c2nnc(C3CCN(Cc4ccc(-c5ccccc5-c5cnc6sccn56)cc4)CC3)[nH]2)n1. The van der Waals surface area contributed by atoms with E-state index in [-0.39, 0.29) is 0 Å². The average molecular weight is 532 g/mol. The number of piperidine rings is 1. The smallest absolute Gasteiger partial charge is 0.194 e. The Balaban J connectivity index is 1.01. The van der Waals surface area contributed by atoms with Crippen molar-refractivity contribution in [3.8, 4) is 33.9 Å². The van der Waals surface area contributed by atoms with Crippen LogP contribution in [-0.4, -0.2) is 47.5 Å². The van der Waals surface area contributed by atoms with Crippen molar-refractivity contribution in [2.75, 3.05) is 13.1 Å². The fourth-order valence-corrected chi connectivity index (χ4v) is 6.24. The second-order valence-electron chi connectivity index (χ2n) is 10.2. The molecule has 1 aliphatic heterocycles. The third-order valence-corrected chi connectivity index (χ3v) is 8.40. The molecule has 39 heavy (non-hydrogen) atoms. The van der Waals surface area contributed by atoms with Crippen molar-refractivity contribution in [2.45, 2.75) is 32.2 Å². The van der Waals surface area contributed by atoms with Crippen molar-refractivity contribution < 1.29 is 0 Å². The summed E-state index contributed by atoms with van der Waals surface area (Å²) in [6.07, 6.45) is 6.21. The van der Waals surface area contributed by atoms with Gasteiger partial charge in [0.05, 0.1) is 11.9 Å². The molecule has 0 unspecified atom stereocenters. The molecule has 0 saturated carbocycles. The van der Waals surface area contributed by atoms with Gasteiger partial charge in [0.1, 0.15) is 11.5 Å². The Morgan fingerprint density at radius 1 is 0.923 bits per heavy atom. The Kier molecular flexibility index (Phi) is 6.26. The summed E-state index contributed by atoms with van der Waals surface area (Å²) in [7, 11) is 0. The Hall–Kier alpha value is -4.14. The molecule has 7 nitrogen and oxygen atoms in total. The maximum absolute atomic E-state index is 4.58. The van der Waals surface area contributed by atoms with Gasteiger partial charge in [-0.05, 0) is 61.7 Å². The lowest BCUT2D eigenvalue weighted by atomic mass is 9.95. The summed E-state index contributed by atoms with van der Waals surface area (Å²) in [5.74, 6) is 2.14. The minimum absolute atomic E-state index is 0.407. The van der Waals surface area contributed by atoms with E-state index in [4.69, 9.17) is 0 Å². The van der Waals surface area contributed by atoms with E-state index < -0.39 is 0 Å². The van der Waals surface area contributed by atoms with Crippen LogP contribution in [0.4, 0.5) is 0 Å². The number of aromatic amines is 1. The predicted molar refractivity (Wildman–Crippen MR) is 156 cm³/mol. The predicted octanol–water partition coefficient (Wildman–Crippen LogP) is 6.60. The topological polar surface area (TPSA) is 75.0 Å². The summed E-state index contributed by atoms with van der Waals surface area (Å²) >= 11 is 1.66. The zero-order valence-corrected chi connectivity index (χ0v) is 22.6. The molecule has 2 aromatic carbocycles. The van der Waals surface area contributed by atoms with Crippen molar-refractivity contribution in [1.29, 1.82) is 0 Å². The van der Waals surface area contributed by atoms with Gasteiger partial charge in [0, 0.05) is 35.3 Å². The Labute approximate surface area is 231 Å². The Bertz CT molecular complexity index is 1720. The molecule has 0 spiro atoms. The van der Waals surface area contributed by atoms with Gasteiger partial charge in [0.25, 0.3) is 0 Å². The van der Waals surface area contributed by atoms with Gasteiger partial charge in [0.15, 0.2) is 10.8 Å². The summed E-state index contributed by atoms with van der Waals surface area (Å²) in [6, 6.07) is 23.6. The monoisotopic (exact) mass is 531 g/mol. The number of hydrogen-bond acceptors (Lipinski definition) is 6. The maximum atomic E-state index is 4.58. The van der Waals surface area contributed by atoms with Crippen LogP contribution in [0.25, 0.3) is 38.9 Å². The lowest BCUT2D eigenvalue weighted by molar-refractivity contribution is 0.202. The molecule has 1 aliphatic rings. The number of thiazole rings is 1. The molecule has 1 fully saturated rings. The molecule has 194 valence electrons. The molecule has 0 aliphatic carbocycles. The Morgan fingerprint density at radius 2 is 1.74 bits per heavy atom. The highest BCUT2D eigenvalue weighted by Crippen LogP contribution is 2.34. The lowest BCUT2D eigenvalue weighted by Gasteiger charge is -2.30. The van der Waals surface area contributed by atoms with Crippen molar-refractivity contribution in [3.63, 3.8) is 0 Å². The Morgan fingerprint density at radius 3 is 2.56 bits per heavy atom. The normalized spacial score (nSPS) is 14.8. The number of nitrogens with one attached hydrogen (secondary N) is 1. The lowest BCUT2D eigenvalue weighted by Crippen LogP contribution is -2.32. The summed E-state index contributed by atoms with van der Waals surface area (Å²) in [5, 5.41) is 10.9. The first-order valence-electron chi connectivity index (χ1n) is 13.4. The second kappa shape index (κ2) is 10.2. The quantitative estimate of drug-likeness (QED) is 0.262. The standard InChI is InChI=1S/C31H29N7S/c1-21-5-4-8-27(33-21)30-34-29(35-36-30)24-13-15-37(16-14-24)20-22-9-11-23(12-10-22)25-6-2-3-7-26(25)28-19-32-31-38(28)17-18-39-31/h2-12,17-19,24H,13-16,20H2,1H3,(H,34,35,36). The zero-order valence-electron chi connectivity index (χ0n) is 21.8. The number of imidazole rings is 1. The van der Waals surface area contributed by atoms with Crippen molar-refractivity contribution in [2.24, 2.45) is 0 Å².